The van der Waals surface area contributed by atoms with Crippen molar-refractivity contribution in [2.45, 2.75) is 38.8 Å². The number of hydrogen-bond donors (Lipinski definition) is 1. The first-order chi connectivity index (χ1) is 7.44. The Morgan fingerprint density at radius 1 is 1.56 bits per heavy atom. The fraction of sp³-hybridized carbons (Fsp3) is 0.909. The van der Waals surface area contributed by atoms with E-state index >= 15 is 0 Å². The highest BCUT2D eigenvalue weighted by molar-refractivity contribution is 5.68. The maximum atomic E-state index is 11.9. The summed E-state index contributed by atoms with van der Waals surface area (Å²) in [7, 11) is 0. The van der Waals surface area contributed by atoms with Crippen LogP contribution in [0.2, 0.25) is 0 Å². The van der Waals surface area contributed by atoms with Crippen LogP contribution >= 0.6 is 0 Å². The topological polar surface area (TPSA) is 64.8 Å². The quantitative estimate of drug-likeness (QED) is 0.767. The van der Waals surface area contributed by atoms with E-state index in [9.17, 15) is 4.79 Å². The summed E-state index contributed by atoms with van der Waals surface area (Å²) in [6, 6.07) is 0.0496. The van der Waals surface area contributed by atoms with E-state index in [-0.39, 0.29) is 12.1 Å². The summed E-state index contributed by atoms with van der Waals surface area (Å²) in [5.74, 6) is 0. The summed E-state index contributed by atoms with van der Waals surface area (Å²) in [6.45, 7) is 7.85. The molecule has 0 aromatic rings. The van der Waals surface area contributed by atoms with Crippen LogP contribution in [0, 0.1) is 0 Å². The number of morpholine rings is 1. The lowest BCUT2D eigenvalue weighted by molar-refractivity contribution is -0.0333. The third kappa shape index (κ3) is 3.98. The second-order valence-corrected chi connectivity index (χ2v) is 4.98. The molecule has 0 bridgehead atoms. The third-order valence-electron chi connectivity index (χ3n) is 2.36. The highest BCUT2D eigenvalue weighted by atomic mass is 16.6. The lowest BCUT2D eigenvalue weighted by Gasteiger charge is -2.36. The Labute approximate surface area is 96.9 Å². The number of nitrogens with two attached hydrogens (primary N) is 1. The van der Waals surface area contributed by atoms with E-state index in [2.05, 4.69) is 0 Å². The Morgan fingerprint density at radius 2 is 2.25 bits per heavy atom. The highest BCUT2D eigenvalue weighted by Crippen LogP contribution is 2.15. The molecule has 0 aromatic heterocycles. The summed E-state index contributed by atoms with van der Waals surface area (Å²) in [4.78, 5) is 13.6. The van der Waals surface area contributed by atoms with E-state index in [1.807, 2.05) is 20.8 Å². The Kier molecular flexibility index (Phi) is 4.56. The maximum Gasteiger partial charge on any atom is 0.410 e. The van der Waals surface area contributed by atoms with Gasteiger partial charge in [-0.25, -0.2) is 4.79 Å². The van der Waals surface area contributed by atoms with Gasteiger partial charge in [0.2, 0.25) is 0 Å². The average Bonchev–Trinajstić information content (AvgIpc) is 2.16. The molecule has 0 aliphatic carbocycles. The normalized spacial score (nSPS) is 22.0. The number of hydrogen-bond acceptors (Lipinski definition) is 4. The van der Waals surface area contributed by atoms with Gasteiger partial charge in [0.25, 0.3) is 0 Å². The van der Waals surface area contributed by atoms with E-state index in [1.165, 1.54) is 0 Å². The van der Waals surface area contributed by atoms with Crippen LogP contribution in [-0.4, -0.2) is 48.9 Å². The minimum Gasteiger partial charge on any atom is -0.444 e. The Hall–Kier alpha value is -0.810. The Bertz CT molecular complexity index is 236. The molecule has 2 N–H and O–H groups in total. The maximum absolute atomic E-state index is 11.9. The molecule has 5 nitrogen and oxygen atoms in total. The van der Waals surface area contributed by atoms with Gasteiger partial charge in [0.05, 0.1) is 19.3 Å². The number of rotatable bonds is 2. The molecule has 0 aromatic carbocycles. The van der Waals surface area contributed by atoms with Gasteiger partial charge in [-0.2, -0.15) is 0 Å². The van der Waals surface area contributed by atoms with Gasteiger partial charge in [-0.1, -0.05) is 0 Å². The van der Waals surface area contributed by atoms with Crippen molar-refractivity contribution in [3.8, 4) is 0 Å². The molecule has 1 atom stereocenters. The summed E-state index contributed by atoms with van der Waals surface area (Å²) in [6.07, 6.45) is 0.480. The largest absolute Gasteiger partial charge is 0.444 e. The van der Waals surface area contributed by atoms with Gasteiger partial charge in [-0.05, 0) is 33.7 Å². The minimum atomic E-state index is -0.456. The van der Waals surface area contributed by atoms with Crippen molar-refractivity contribution >= 4 is 6.09 Å². The fourth-order valence-electron chi connectivity index (χ4n) is 1.65. The van der Waals surface area contributed by atoms with Gasteiger partial charge in [0.1, 0.15) is 5.60 Å². The minimum absolute atomic E-state index is 0.0496. The number of carbonyl (C=O) groups excluding carboxylic acids is 1. The fourth-order valence-corrected chi connectivity index (χ4v) is 1.65. The molecule has 1 aliphatic rings. The molecule has 1 aliphatic heterocycles. The molecule has 94 valence electrons. The van der Waals surface area contributed by atoms with Crippen molar-refractivity contribution in [2.24, 2.45) is 5.73 Å². The van der Waals surface area contributed by atoms with Gasteiger partial charge in [0, 0.05) is 6.54 Å². The lowest BCUT2D eigenvalue weighted by Crippen LogP contribution is -2.50. The van der Waals surface area contributed by atoms with Crippen LogP contribution in [0.4, 0.5) is 4.79 Å². The van der Waals surface area contributed by atoms with Crippen molar-refractivity contribution in [3.05, 3.63) is 0 Å². The first-order valence-electron chi connectivity index (χ1n) is 5.71. The highest BCUT2D eigenvalue weighted by Gasteiger charge is 2.30. The van der Waals surface area contributed by atoms with Crippen molar-refractivity contribution in [1.82, 2.24) is 4.90 Å². The second kappa shape index (κ2) is 5.50. The van der Waals surface area contributed by atoms with Crippen LogP contribution < -0.4 is 5.73 Å². The molecule has 5 heteroatoms. The molecule has 16 heavy (non-hydrogen) atoms. The summed E-state index contributed by atoms with van der Waals surface area (Å²) >= 11 is 0. The van der Waals surface area contributed by atoms with Crippen molar-refractivity contribution in [2.75, 3.05) is 26.3 Å². The first kappa shape index (κ1) is 13.3. The zero-order valence-corrected chi connectivity index (χ0v) is 10.4. The number of amides is 1. The van der Waals surface area contributed by atoms with Crippen LogP contribution in [-0.2, 0) is 9.47 Å². The van der Waals surface area contributed by atoms with Crippen LogP contribution in [0.3, 0.4) is 0 Å². The molecule has 1 rings (SSSR count). The molecule has 0 spiro atoms. The van der Waals surface area contributed by atoms with Gasteiger partial charge >= 0.3 is 6.09 Å². The summed E-state index contributed by atoms with van der Waals surface area (Å²) in [5, 5.41) is 0. The summed E-state index contributed by atoms with van der Waals surface area (Å²) < 4.78 is 10.7. The molecule has 0 radical (unpaired) electrons. The average molecular weight is 230 g/mol. The van der Waals surface area contributed by atoms with Crippen LogP contribution in [0.1, 0.15) is 27.2 Å². The molecule has 1 saturated heterocycles. The van der Waals surface area contributed by atoms with E-state index in [0.29, 0.717) is 26.3 Å². The molecule has 0 unspecified atom stereocenters. The zero-order valence-electron chi connectivity index (χ0n) is 10.4. The summed E-state index contributed by atoms with van der Waals surface area (Å²) in [5.41, 5.74) is 5.06. The van der Waals surface area contributed by atoms with Crippen molar-refractivity contribution in [1.29, 1.82) is 0 Å². The Morgan fingerprint density at radius 3 is 2.81 bits per heavy atom. The van der Waals surface area contributed by atoms with Crippen molar-refractivity contribution in [3.63, 3.8) is 0 Å². The van der Waals surface area contributed by atoms with Gasteiger partial charge in [-0.3, -0.25) is 0 Å². The van der Waals surface area contributed by atoms with E-state index in [1.54, 1.807) is 4.90 Å². The Balaban J connectivity index is 2.57. The second-order valence-electron chi connectivity index (χ2n) is 4.98. The van der Waals surface area contributed by atoms with Crippen molar-refractivity contribution < 1.29 is 14.3 Å². The number of ether oxygens (including phenoxy) is 2. The molecule has 0 saturated carbocycles. The first-order valence-corrected chi connectivity index (χ1v) is 5.71. The number of carbonyl (C=O) groups is 1. The third-order valence-corrected chi connectivity index (χ3v) is 2.36. The molecule has 1 fully saturated rings. The predicted molar refractivity (Wildman–Crippen MR) is 61.2 cm³/mol. The standard InChI is InChI=1S/C11H22N2O3/c1-11(2,3)16-10(14)13-6-7-15-8-9(13)4-5-12/h9H,4-8,12H2,1-3H3/t9-/m0/s1. The van der Waals surface area contributed by atoms with Gasteiger partial charge in [-0.15, -0.1) is 0 Å². The molecule has 1 amide bonds. The predicted octanol–water partition coefficient (Wildman–Crippen LogP) is 0.971. The van der Waals surface area contributed by atoms with Crippen LogP contribution in [0.25, 0.3) is 0 Å². The smallest absolute Gasteiger partial charge is 0.410 e. The van der Waals surface area contributed by atoms with E-state index in [0.717, 1.165) is 6.42 Å². The molecular weight excluding hydrogens is 208 g/mol. The monoisotopic (exact) mass is 230 g/mol. The van der Waals surface area contributed by atoms with Gasteiger partial charge < -0.3 is 20.1 Å². The molecular formula is C11H22N2O3. The van der Waals surface area contributed by atoms with E-state index in [4.69, 9.17) is 15.2 Å². The lowest BCUT2D eigenvalue weighted by atomic mass is 10.1. The van der Waals surface area contributed by atoms with Gasteiger partial charge in [0.15, 0.2) is 0 Å². The zero-order chi connectivity index (χ0) is 12.2. The van der Waals surface area contributed by atoms with E-state index < -0.39 is 5.60 Å². The van der Waals surface area contributed by atoms with Crippen LogP contribution in [0.5, 0.6) is 0 Å². The SMILES string of the molecule is CC(C)(C)OC(=O)N1CCOC[C@@H]1CCN. The molecule has 1 heterocycles. The number of nitrogens with zero attached hydrogens (tertiary/aromatic N) is 1. The van der Waals surface area contributed by atoms with Crippen LogP contribution in [0.15, 0.2) is 0 Å².